The maximum Gasteiger partial charge on any atom is 0.285 e. The van der Waals surface area contributed by atoms with E-state index in [-0.39, 0.29) is 28.2 Å². The third-order valence-corrected chi connectivity index (χ3v) is 5.29. The zero-order valence-corrected chi connectivity index (χ0v) is 12.8. The van der Waals surface area contributed by atoms with Crippen LogP contribution in [0.25, 0.3) is 0 Å². The highest BCUT2D eigenvalue weighted by molar-refractivity contribution is 6.32. The van der Waals surface area contributed by atoms with Gasteiger partial charge in [0.15, 0.2) is 0 Å². The average Bonchev–Trinajstić information content (AvgIpc) is 2.50. The molecule has 2 aliphatic rings. The number of rotatable bonds is 3. The average molecular weight is 314 g/mol. The Bertz CT molecular complexity index is 567. The Morgan fingerprint density at radius 2 is 2.29 bits per heavy atom. The molecule has 21 heavy (non-hydrogen) atoms. The van der Waals surface area contributed by atoms with Crippen LogP contribution in [0.15, 0.2) is 11.0 Å². The van der Waals surface area contributed by atoms with Crippen molar-refractivity contribution in [3.05, 3.63) is 21.6 Å². The molecule has 6 nitrogen and oxygen atoms in total. The summed E-state index contributed by atoms with van der Waals surface area (Å²) in [5.41, 5.74) is 0.163. The second-order valence-corrected chi connectivity index (χ2v) is 6.19. The van der Waals surface area contributed by atoms with E-state index in [9.17, 15) is 9.90 Å². The van der Waals surface area contributed by atoms with Crippen molar-refractivity contribution in [1.82, 2.24) is 10.2 Å². The zero-order valence-electron chi connectivity index (χ0n) is 12.0. The first-order valence-corrected chi connectivity index (χ1v) is 7.74. The molecule has 0 aromatic carbocycles. The van der Waals surface area contributed by atoms with Gasteiger partial charge in [-0.05, 0) is 19.8 Å². The molecule has 2 fully saturated rings. The van der Waals surface area contributed by atoms with Crippen LogP contribution in [0.5, 0.6) is 0 Å². The largest absolute Gasteiger partial charge is 0.392 e. The zero-order chi connectivity index (χ0) is 15.0. The molecule has 3 rings (SSSR count). The first-order valence-electron chi connectivity index (χ1n) is 7.36. The number of nitrogens with zero attached hydrogens (tertiary/aromatic N) is 2. The number of hydrogen-bond donors (Lipinski definition) is 2. The van der Waals surface area contributed by atoms with Crippen molar-refractivity contribution in [3.63, 3.8) is 0 Å². The van der Waals surface area contributed by atoms with Gasteiger partial charge < -0.3 is 14.7 Å². The van der Waals surface area contributed by atoms with Crippen LogP contribution in [0.3, 0.4) is 0 Å². The van der Waals surface area contributed by atoms with Gasteiger partial charge in [-0.1, -0.05) is 11.6 Å². The highest BCUT2D eigenvalue weighted by Gasteiger charge is 2.56. The van der Waals surface area contributed by atoms with Crippen LogP contribution in [0.1, 0.15) is 26.2 Å². The summed E-state index contributed by atoms with van der Waals surface area (Å²) in [6, 6.07) is 0. The summed E-state index contributed by atoms with van der Waals surface area (Å²) in [5, 5.41) is 16.5. The van der Waals surface area contributed by atoms with Gasteiger partial charge in [0.25, 0.3) is 5.56 Å². The number of aliphatic hydroxyl groups is 1. The monoisotopic (exact) mass is 313 g/mol. The number of halogens is 1. The van der Waals surface area contributed by atoms with Crippen LogP contribution in [-0.2, 0) is 4.74 Å². The summed E-state index contributed by atoms with van der Waals surface area (Å²) in [5.74, 6) is 0. The van der Waals surface area contributed by atoms with E-state index in [2.05, 4.69) is 15.1 Å². The molecule has 2 N–H and O–H groups in total. The summed E-state index contributed by atoms with van der Waals surface area (Å²) in [4.78, 5) is 13.6. The van der Waals surface area contributed by atoms with Crippen molar-refractivity contribution in [2.75, 3.05) is 24.6 Å². The van der Waals surface area contributed by atoms with Crippen molar-refractivity contribution in [2.45, 2.75) is 38.4 Å². The van der Waals surface area contributed by atoms with E-state index in [0.717, 1.165) is 32.4 Å². The van der Waals surface area contributed by atoms with Gasteiger partial charge in [-0.2, -0.15) is 5.10 Å². The lowest BCUT2D eigenvalue weighted by Gasteiger charge is -2.56. The van der Waals surface area contributed by atoms with Crippen LogP contribution >= 0.6 is 11.6 Å². The number of hydrogen-bond acceptors (Lipinski definition) is 5. The fourth-order valence-corrected chi connectivity index (χ4v) is 3.79. The molecule has 116 valence electrons. The second-order valence-electron chi connectivity index (χ2n) is 5.81. The molecule has 1 spiro atoms. The predicted octanol–water partition coefficient (Wildman–Crippen LogP) is 1.18. The highest BCUT2D eigenvalue weighted by Crippen LogP contribution is 2.51. The standard InChI is InChI=1S/C14H20ClN3O3/c1-2-21-11-7-10(19)14(11)3-5-18(6-4-14)9-8-16-17-13(20)12(9)15/h8,10-11,19H,2-7H2,1H3,(H,17,20)/t10-,11-/m0/s1. The minimum absolute atomic E-state index is 0.131. The Morgan fingerprint density at radius 3 is 2.90 bits per heavy atom. The summed E-state index contributed by atoms with van der Waals surface area (Å²) < 4.78 is 5.75. The van der Waals surface area contributed by atoms with Crippen molar-refractivity contribution in [1.29, 1.82) is 0 Å². The van der Waals surface area contributed by atoms with Crippen molar-refractivity contribution < 1.29 is 9.84 Å². The number of H-pyrrole nitrogens is 1. The lowest BCUT2D eigenvalue weighted by atomic mass is 9.58. The van der Waals surface area contributed by atoms with E-state index in [1.165, 1.54) is 0 Å². The SMILES string of the molecule is CCO[C@H]1C[C@H](O)C12CCN(c1cn[nH]c(=O)c1Cl)CC2. The summed E-state index contributed by atoms with van der Waals surface area (Å²) in [6.45, 7) is 4.14. The van der Waals surface area contributed by atoms with Gasteiger partial charge in [0, 0.05) is 31.5 Å². The molecule has 0 unspecified atom stereocenters. The Labute approximate surface area is 128 Å². The minimum Gasteiger partial charge on any atom is -0.392 e. The summed E-state index contributed by atoms with van der Waals surface area (Å²) >= 11 is 6.05. The smallest absolute Gasteiger partial charge is 0.285 e. The van der Waals surface area contributed by atoms with Crippen LogP contribution in [-0.4, -0.2) is 47.2 Å². The van der Waals surface area contributed by atoms with Gasteiger partial charge in [-0.25, -0.2) is 5.10 Å². The number of nitrogens with one attached hydrogen (secondary N) is 1. The summed E-state index contributed by atoms with van der Waals surface area (Å²) in [7, 11) is 0. The van der Waals surface area contributed by atoms with E-state index in [1.54, 1.807) is 6.20 Å². The third kappa shape index (κ3) is 2.35. The number of ether oxygens (including phenoxy) is 1. The molecule has 7 heteroatoms. The van der Waals surface area contributed by atoms with Crippen LogP contribution < -0.4 is 10.5 Å². The lowest BCUT2D eigenvalue weighted by molar-refractivity contribution is -0.199. The van der Waals surface area contributed by atoms with Gasteiger partial charge in [0.05, 0.1) is 24.1 Å². The molecular formula is C14H20ClN3O3. The Balaban J connectivity index is 1.73. The third-order valence-electron chi connectivity index (χ3n) is 4.92. The second kappa shape index (κ2) is 5.59. The van der Waals surface area contributed by atoms with Crippen molar-refractivity contribution in [3.8, 4) is 0 Å². The number of aromatic nitrogens is 2. The molecule has 1 aromatic heterocycles. The van der Waals surface area contributed by atoms with E-state index < -0.39 is 0 Å². The number of piperidine rings is 1. The number of anilines is 1. The molecule has 1 saturated carbocycles. The normalized spacial score (nSPS) is 27.7. The Morgan fingerprint density at radius 1 is 1.57 bits per heavy atom. The molecule has 0 radical (unpaired) electrons. The molecule has 1 aromatic rings. The van der Waals surface area contributed by atoms with Gasteiger partial charge in [-0.15, -0.1) is 0 Å². The molecule has 2 atom stereocenters. The summed E-state index contributed by atoms with van der Waals surface area (Å²) in [6.07, 6.45) is 3.83. The van der Waals surface area contributed by atoms with E-state index in [1.807, 2.05) is 6.92 Å². The quantitative estimate of drug-likeness (QED) is 0.876. The number of aromatic amines is 1. The van der Waals surface area contributed by atoms with Gasteiger partial charge in [0.1, 0.15) is 5.02 Å². The molecule has 2 heterocycles. The van der Waals surface area contributed by atoms with Crippen LogP contribution in [0, 0.1) is 5.41 Å². The first-order chi connectivity index (χ1) is 10.1. The molecule has 1 aliphatic carbocycles. The Kier molecular flexibility index (Phi) is 3.94. The van der Waals surface area contributed by atoms with Crippen molar-refractivity contribution in [2.24, 2.45) is 5.41 Å². The van der Waals surface area contributed by atoms with Gasteiger partial charge >= 0.3 is 0 Å². The molecule has 0 bridgehead atoms. The maximum atomic E-state index is 11.5. The van der Waals surface area contributed by atoms with Gasteiger partial charge in [0.2, 0.25) is 0 Å². The van der Waals surface area contributed by atoms with Crippen molar-refractivity contribution >= 4 is 17.3 Å². The fourth-order valence-electron chi connectivity index (χ4n) is 3.58. The van der Waals surface area contributed by atoms with E-state index >= 15 is 0 Å². The minimum atomic E-state index is -0.370. The van der Waals surface area contributed by atoms with Crippen LogP contribution in [0.4, 0.5) is 5.69 Å². The molecular weight excluding hydrogens is 294 g/mol. The lowest BCUT2D eigenvalue weighted by Crippen LogP contribution is -2.62. The first kappa shape index (κ1) is 14.8. The fraction of sp³-hybridized carbons (Fsp3) is 0.714. The van der Waals surface area contributed by atoms with E-state index in [4.69, 9.17) is 16.3 Å². The Hall–Kier alpha value is -1.11. The highest BCUT2D eigenvalue weighted by atomic mass is 35.5. The molecule has 1 saturated heterocycles. The number of aliphatic hydroxyl groups excluding tert-OH is 1. The maximum absolute atomic E-state index is 11.5. The molecule has 0 amide bonds. The van der Waals surface area contributed by atoms with Gasteiger partial charge in [-0.3, -0.25) is 4.79 Å². The van der Waals surface area contributed by atoms with Crippen LogP contribution in [0.2, 0.25) is 5.02 Å². The molecule has 1 aliphatic heterocycles. The topological polar surface area (TPSA) is 78.5 Å². The predicted molar refractivity (Wildman–Crippen MR) is 79.8 cm³/mol. The van der Waals surface area contributed by atoms with E-state index in [0.29, 0.717) is 12.3 Å².